The number of nitrogens with zero attached hydrogens (tertiary/aromatic N) is 2. The van der Waals surface area contributed by atoms with Crippen LogP contribution in [0.5, 0.6) is 0 Å². The first-order valence-corrected chi connectivity index (χ1v) is 6.11. The molecule has 2 heterocycles. The van der Waals surface area contributed by atoms with Crippen molar-refractivity contribution in [3.63, 3.8) is 0 Å². The molecule has 0 amide bonds. The molecule has 0 spiro atoms. The predicted molar refractivity (Wildman–Crippen MR) is 71.7 cm³/mol. The number of rotatable bonds is 2. The van der Waals surface area contributed by atoms with Gasteiger partial charge < -0.3 is 5.73 Å². The summed E-state index contributed by atoms with van der Waals surface area (Å²) in [6.45, 7) is 3.12. The van der Waals surface area contributed by atoms with Crippen molar-refractivity contribution in [3.05, 3.63) is 28.5 Å². The molecule has 5 heteroatoms. The van der Waals surface area contributed by atoms with Crippen molar-refractivity contribution >= 4 is 28.3 Å². The first-order chi connectivity index (χ1) is 7.24. The van der Waals surface area contributed by atoms with Gasteiger partial charge in [0.1, 0.15) is 0 Å². The summed E-state index contributed by atoms with van der Waals surface area (Å²) in [5.41, 5.74) is 7.19. The summed E-state index contributed by atoms with van der Waals surface area (Å²) in [6.07, 6.45) is 6.10. The zero-order chi connectivity index (χ0) is 10.7. The van der Waals surface area contributed by atoms with Crippen molar-refractivity contribution < 1.29 is 0 Å². The van der Waals surface area contributed by atoms with Crippen LogP contribution in [0.3, 0.4) is 0 Å². The molecule has 1 saturated heterocycles. The number of aromatic nitrogens is 1. The van der Waals surface area contributed by atoms with Crippen molar-refractivity contribution in [2.75, 3.05) is 13.1 Å². The Morgan fingerprint density at radius 2 is 2.31 bits per heavy atom. The minimum absolute atomic E-state index is 0. The Bertz CT molecular complexity index is 335. The molecule has 1 aromatic rings. The molecule has 0 aromatic carbocycles. The van der Waals surface area contributed by atoms with Gasteiger partial charge in [-0.05, 0) is 46.9 Å². The van der Waals surface area contributed by atoms with Gasteiger partial charge in [-0.2, -0.15) is 0 Å². The smallest absolute Gasteiger partial charge is 0.0410 e. The lowest BCUT2D eigenvalue weighted by Gasteiger charge is -2.30. The van der Waals surface area contributed by atoms with E-state index >= 15 is 0 Å². The zero-order valence-electron chi connectivity index (χ0n) is 9.10. The second-order valence-electron chi connectivity index (χ2n) is 4.15. The van der Waals surface area contributed by atoms with Gasteiger partial charge in [0.25, 0.3) is 0 Å². The van der Waals surface area contributed by atoms with E-state index in [1.165, 1.54) is 12.0 Å². The van der Waals surface area contributed by atoms with E-state index in [1.807, 2.05) is 12.4 Å². The normalized spacial score (nSPS) is 21.5. The highest BCUT2D eigenvalue weighted by Crippen LogP contribution is 2.14. The van der Waals surface area contributed by atoms with Gasteiger partial charge in [-0.15, -0.1) is 12.4 Å². The number of nitrogens with two attached hydrogens (primary N) is 1. The SMILES string of the molecule is Cl.N[C@@H]1CCCN(Cc2cncc(Br)c2)C1. The summed E-state index contributed by atoms with van der Waals surface area (Å²) < 4.78 is 1.04. The highest BCUT2D eigenvalue weighted by atomic mass is 79.9. The quantitative estimate of drug-likeness (QED) is 0.911. The van der Waals surface area contributed by atoms with E-state index < -0.39 is 0 Å². The fraction of sp³-hybridized carbons (Fsp3) is 0.545. The van der Waals surface area contributed by atoms with E-state index in [4.69, 9.17) is 5.73 Å². The van der Waals surface area contributed by atoms with Crippen molar-refractivity contribution in [3.8, 4) is 0 Å². The summed E-state index contributed by atoms with van der Waals surface area (Å²) in [5, 5.41) is 0. The van der Waals surface area contributed by atoms with Crippen LogP contribution >= 0.6 is 28.3 Å². The largest absolute Gasteiger partial charge is 0.327 e. The molecule has 0 saturated carbocycles. The summed E-state index contributed by atoms with van der Waals surface area (Å²) in [4.78, 5) is 6.56. The Balaban J connectivity index is 0.00000128. The van der Waals surface area contributed by atoms with Crippen LogP contribution in [0, 0.1) is 0 Å². The molecule has 1 aliphatic heterocycles. The second kappa shape index (κ2) is 6.55. The van der Waals surface area contributed by atoms with Gasteiger partial charge in [-0.3, -0.25) is 9.88 Å². The van der Waals surface area contributed by atoms with Gasteiger partial charge in [0, 0.05) is 36.0 Å². The van der Waals surface area contributed by atoms with Crippen molar-refractivity contribution in [1.29, 1.82) is 0 Å². The van der Waals surface area contributed by atoms with Crippen molar-refractivity contribution in [2.45, 2.75) is 25.4 Å². The fourth-order valence-corrected chi connectivity index (χ4v) is 2.45. The third-order valence-electron chi connectivity index (χ3n) is 2.71. The van der Waals surface area contributed by atoms with E-state index in [1.54, 1.807) is 0 Å². The van der Waals surface area contributed by atoms with E-state index in [9.17, 15) is 0 Å². The van der Waals surface area contributed by atoms with Crippen molar-refractivity contribution in [1.82, 2.24) is 9.88 Å². The summed E-state index contributed by atoms with van der Waals surface area (Å²) in [7, 11) is 0. The predicted octanol–water partition coefficient (Wildman–Crippen LogP) is 2.19. The van der Waals surface area contributed by atoms with Crippen LogP contribution in [0.2, 0.25) is 0 Å². The summed E-state index contributed by atoms with van der Waals surface area (Å²) >= 11 is 3.43. The molecule has 2 rings (SSSR count). The molecule has 0 radical (unpaired) electrons. The lowest BCUT2D eigenvalue weighted by atomic mass is 10.1. The van der Waals surface area contributed by atoms with Crippen LogP contribution in [0.4, 0.5) is 0 Å². The van der Waals surface area contributed by atoms with Crippen molar-refractivity contribution in [2.24, 2.45) is 5.73 Å². The molecule has 0 bridgehead atoms. The van der Waals surface area contributed by atoms with Crippen LogP contribution in [-0.2, 0) is 6.54 Å². The lowest BCUT2D eigenvalue weighted by molar-refractivity contribution is 0.201. The Labute approximate surface area is 111 Å². The number of hydrogen-bond acceptors (Lipinski definition) is 3. The van der Waals surface area contributed by atoms with Gasteiger partial charge in [-0.1, -0.05) is 0 Å². The molecule has 0 unspecified atom stereocenters. The number of likely N-dealkylation sites (tertiary alicyclic amines) is 1. The Morgan fingerprint density at radius 1 is 1.50 bits per heavy atom. The number of pyridine rings is 1. The first kappa shape index (κ1) is 13.9. The Morgan fingerprint density at radius 3 is 3.00 bits per heavy atom. The maximum atomic E-state index is 5.94. The monoisotopic (exact) mass is 305 g/mol. The Hall–Kier alpha value is -0.160. The van der Waals surface area contributed by atoms with E-state index in [0.29, 0.717) is 6.04 Å². The maximum Gasteiger partial charge on any atom is 0.0410 e. The van der Waals surface area contributed by atoms with Crippen LogP contribution in [0.15, 0.2) is 22.9 Å². The molecular weight excluding hydrogens is 289 g/mol. The molecular formula is C11H17BrClN3. The van der Waals surface area contributed by atoms with Crippen LogP contribution in [-0.4, -0.2) is 29.0 Å². The number of halogens is 2. The number of piperidine rings is 1. The second-order valence-corrected chi connectivity index (χ2v) is 5.06. The molecule has 16 heavy (non-hydrogen) atoms. The van der Waals surface area contributed by atoms with Crippen LogP contribution in [0.1, 0.15) is 18.4 Å². The minimum Gasteiger partial charge on any atom is -0.327 e. The van der Waals surface area contributed by atoms with E-state index in [2.05, 4.69) is 31.9 Å². The standard InChI is InChI=1S/C11H16BrN3.ClH/c12-10-4-9(5-14-6-10)7-15-3-1-2-11(13)8-15;/h4-6,11H,1-3,7-8,13H2;1H/t11-;/m1./s1. The average Bonchev–Trinajstić information content (AvgIpc) is 2.17. The van der Waals surface area contributed by atoms with Crippen LogP contribution in [0.25, 0.3) is 0 Å². The summed E-state index contributed by atoms with van der Waals surface area (Å²) in [6, 6.07) is 2.46. The van der Waals surface area contributed by atoms with E-state index in [0.717, 1.165) is 30.5 Å². The minimum atomic E-state index is 0. The molecule has 1 fully saturated rings. The van der Waals surface area contributed by atoms with Gasteiger partial charge >= 0.3 is 0 Å². The van der Waals surface area contributed by atoms with Gasteiger partial charge in [0.2, 0.25) is 0 Å². The molecule has 1 aromatic heterocycles. The molecule has 90 valence electrons. The molecule has 3 nitrogen and oxygen atoms in total. The summed E-state index contributed by atoms with van der Waals surface area (Å²) in [5.74, 6) is 0. The molecule has 1 atom stereocenters. The van der Waals surface area contributed by atoms with Gasteiger partial charge in [-0.25, -0.2) is 0 Å². The molecule has 2 N–H and O–H groups in total. The number of hydrogen-bond donors (Lipinski definition) is 1. The topological polar surface area (TPSA) is 42.1 Å². The highest BCUT2D eigenvalue weighted by Gasteiger charge is 2.16. The first-order valence-electron chi connectivity index (χ1n) is 5.31. The third-order valence-corrected chi connectivity index (χ3v) is 3.14. The molecule has 1 aliphatic rings. The zero-order valence-corrected chi connectivity index (χ0v) is 11.5. The van der Waals surface area contributed by atoms with Crippen LogP contribution < -0.4 is 5.73 Å². The average molecular weight is 307 g/mol. The van der Waals surface area contributed by atoms with Gasteiger partial charge in [0.05, 0.1) is 0 Å². The lowest BCUT2D eigenvalue weighted by Crippen LogP contribution is -2.42. The van der Waals surface area contributed by atoms with E-state index in [-0.39, 0.29) is 12.4 Å². The third kappa shape index (κ3) is 4.01. The molecule has 0 aliphatic carbocycles. The fourth-order valence-electron chi connectivity index (χ4n) is 2.04. The Kier molecular flexibility index (Phi) is 5.69. The maximum absolute atomic E-state index is 5.94. The highest BCUT2D eigenvalue weighted by molar-refractivity contribution is 9.10. The van der Waals surface area contributed by atoms with Gasteiger partial charge in [0.15, 0.2) is 0 Å².